The molecule has 0 amide bonds. The predicted octanol–water partition coefficient (Wildman–Crippen LogP) is 2.84. The monoisotopic (exact) mass is 326 g/mol. The van der Waals surface area contributed by atoms with E-state index >= 15 is 0 Å². The lowest BCUT2D eigenvalue weighted by Crippen LogP contribution is -2.83. The number of hydrogen-bond donors (Lipinski definition) is 1. The van der Waals surface area contributed by atoms with Crippen LogP contribution >= 0.6 is 0 Å². The number of ether oxygens (including phenoxy) is 1. The highest BCUT2D eigenvalue weighted by atomic mass is 19.1. The fourth-order valence-corrected chi connectivity index (χ4v) is 2.65. The Bertz CT molecular complexity index is 785. The van der Waals surface area contributed by atoms with Crippen molar-refractivity contribution in [1.29, 1.82) is 0 Å². The van der Waals surface area contributed by atoms with E-state index in [1.807, 2.05) is 16.8 Å². The number of nitrogens with two attached hydrogens (primary N) is 1. The molecule has 24 heavy (non-hydrogen) atoms. The standard InChI is InChI=1S/C19H20FN3O/c1-14(22-12-15-3-8-19(24-2)18(20)11-15)16-4-6-17(7-5-16)23-10-9-21-13-23/h3-11,13-14,22H,12H2,1-2H3/p+1/t14-/m1/s1. The second-order valence-electron chi connectivity index (χ2n) is 5.76. The maximum atomic E-state index is 13.7. The van der Waals surface area contributed by atoms with Gasteiger partial charge < -0.3 is 14.6 Å². The first kappa shape index (κ1) is 16.2. The number of rotatable bonds is 6. The SMILES string of the molecule is COc1ccc(C[NH2+][C@H](C)c2ccc(-n3ccnc3)cc2)cc1F. The molecule has 124 valence electrons. The van der Waals surface area contributed by atoms with E-state index in [9.17, 15) is 4.39 Å². The van der Waals surface area contributed by atoms with Gasteiger partial charge in [0.05, 0.1) is 13.4 Å². The second kappa shape index (κ2) is 7.27. The van der Waals surface area contributed by atoms with Gasteiger partial charge in [-0.15, -0.1) is 0 Å². The molecule has 0 aliphatic rings. The van der Waals surface area contributed by atoms with Crippen LogP contribution in [0.1, 0.15) is 24.1 Å². The molecule has 0 saturated carbocycles. The zero-order valence-corrected chi connectivity index (χ0v) is 13.8. The maximum absolute atomic E-state index is 13.7. The molecule has 1 atom stereocenters. The molecule has 5 heteroatoms. The van der Waals surface area contributed by atoms with Gasteiger partial charge in [-0.2, -0.15) is 0 Å². The summed E-state index contributed by atoms with van der Waals surface area (Å²) in [6.45, 7) is 2.86. The van der Waals surface area contributed by atoms with Gasteiger partial charge in [-0.3, -0.25) is 0 Å². The fraction of sp³-hybridized carbons (Fsp3) is 0.211. The molecule has 0 unspecified atom stereocenters. The lowest BCUT2D eigenvalue weighted by atomic mass is 10.1. The highest BCUT2D eigenvalue weighted by Gasteiger charge is 2.10. The molecule has 2 aromatic carbocycles. The fourth-order valence-electron chi connectivity index (χ4n) is 2.65. The van der Waals surface area contributed by atoms with E-state index in [0.29, 0.717) is 6.54 Å². The van der Waals surface area contributed by atoms with Gasteiger partial charge >= 0.3 is 0 Å². The molecule has 3 rings (SSSR count). The molecule has 3 aromatic rings. The Morgan fingerprint density at radius 3 is 2.62 bits per heavy atom. The molecule has 0 saturated heterocycles. The van der Waals surface area contributed by atoms with Crippen molar-refractivity contribution in [3.05, 3.63) is 78.1 Å². The number of halogens is 1. The van der Waals surface area contributed by atoms with E-state index in [2.05, 4.69) is 41.5 Å². The molecule has 1 aromatic heterocycles. The minimum absolute atomic E-state index is 0.280. The van der Waals surface area contributed by atoms with Crippen LogP contribution in [0.3, 0.4) is 0 Å². The van der Waals surface area contributed by atoms with E-state index in [4.69, 9.17) is 4.74 Å². The van der Waals surface area contributed by atoms with E-state index < -0.39 is 0 Å². The highest BCUT2D eigenvalue weighted by Crippen LogP contribution is 2.17. The van der Waals surface area contributed by atoms with Gasteiger partial charge in [0.2, 0.25) is 0 Å². The largest absolute Gasteiger partial charge is 0.494 e. The van der Waals surface area contributed by atoms with Crippen LogP contribution in [0, 0.1) is 5.82 Å². The highest BCUT2D eigenvalue weighted by molar-refractivity contribution is 5.35. The molecule has 0 fully saturated rings. The summed E-state index contributed by atoms with van der Waals surface area (Å²) in [5, 5.41) is 2.19. The minimum Gasteiger partial charge on any atom is -0.494 e. The van der Waals surface area contributed by atoms with Crippen LogP contribution < -0.4 is 10.1 Å². The number of benzene rings is 2. The zero-order chi connectivity index (χ0) is 16.9. The van der Waals surface area contributed by atoms with Gasteiger partial charge in [0.15, 0.2) is 11.6 Å². The van der Waals surface area contributed by atoms with Gasteiger partial charge in [-0.25, -0.2) is 9.37 Å². The van der Waals surface area contributed by atoms with Crippen LogP contribution in [0.15, 0.2) is 61.2 Å². The number of nitrogens with zero attached hydrogens (tertiary/aromatic N) is 2. The smallest absolute Gasteiger partial charge is 0.165 e. The summed E-state index contributed by atoms with van der Waals surface area (Å²) < 4.78 is 20.6. The molecular weight excluding hydrogens is 305 g/mol. The van der Waals surface area contributed by atoms with Gasteiger partial charge in [0.25, 0.3) is 0 Å². The van der Waals surface area contributed by atoms with Gasteiger partial charge in [0, 0.05) is 29.2 Å². The topological polar surface area (TPSA) is 43.7 Å². The Kier molecular flexibility index (Phi) is 4.91. The molecule has 0 spiro atoms. The van der Waals surface area contributed by atoms with Crippen molar-refractivity contribution < 1.29 is 14.4 Å². The Hall–Kier alpha value is -2.66. The quantitative estimate of drug-likeness (QED) is 0.757. The third kappa shape index (κ3) is 3.63. The molecule has 4 nitrogen and oxygen atoms in total. The third-order valence-corrected chi connectivity index (χ3v) is 4.14. The minimum atomic E-state index is -0.319. The first-order valence-electron chi connectivity index (χ1n) is 7.91. The van der Waals surface area contributed by atoms with Gasteiger partial charge in [0.1, 0.15) is 12.6 Å². The lowest BCUT2D eigenvalue weighted by molar-refractivity contribution is -0.707. The van der Waals surface area contributed by atoms with Gasteiger partial charge in [-0.1, -0.05) is 12.1 Å². The van der Waals surface area contributed by atoms with Crippen LogP contribution in [-0.2, 0) is 6.54 Å². The van der Waals surface area contributed by atoms with Crippen LogP contribution in [0.25, 0.3) is 5.69 Å². The van der Waals surface area contributed by atoms with Crippen molar-refractivity contribution in [2.75, 3.05) is 7.11 Å². The number of aromatic nitrogens is 2. The Morgan fingerprint density at radius 2 is 2.00 bits per heavy atom. The third-order valence-electron chi connectivity index (χ3n) is 4.14. The van der Waals surface area contributed by atoms with Crippen LogP contribution in [-0.4, -0.2) is 16.7 Å². The number of hydrogen-bond acceptors (Lipinski definition) is 2. The summed E-state index contributed by atoms with van der Waals surface area (Å²) in [6.07, 6.45) is 5.46. The van der Waals surface area contributed by atoms with Crippen LogP contribution in [0.4, 0.5) is 4.39 Å². The summed E-state index contributed by atoms with van der Waals surface area (Å²) in [4.78, 5) is 4.06. The average Bonchev–Trinajstić information content (AvgIpc) is 3.14. The summed E-state index contributed by atoms with van der Waals surface area (Å²) in [5.41, 5.74) is 3.25. The molecule has 0 aliphatic carbocycles. The molecule has 0 radical (unpaired) electrons. The average molecular weight is 326 g/mol. The van der Waals surface area contributed by atoms with Crippen molar-refractivity contribution in [3.63, 3.8) is 0 Å². The lowest BCUT2D eigenvalue weighted by Gasteiger charge is -2.12. The van der Waals surface area contributed by atoms with Crippen molar-refractivity contribution in [2.24, 2.45) is 0 Å². The van der Waals surface area contributed by atoms with E-state index in [1.165, 1.54) is 18.7 Å². The van der Waals surface area contributed by atoms with E-state index in [0.717, 1.165) is 11.3 Å². The van der Waals surface area contributed by atoms with Crippen molar-refractivity contribution in [1.82, 2.24) is 9.55 Å². The summed E-state index contributed by atoms with van der Waals surface area (Å²) in [7, 11) is 1.47. The van der Waals surface area contributed by atoms with Gasteiger partial charge in [-0.05, 0) is 37.3 Å². The summed E-state index contributed by atoms with van der Waals surface area (Å²) >= 11 is 0. The molecular formula is C19H21FN3O+. The normalized spacial score (nSPS) is 12.1. The number of imidazole rings is 1. The molecule has 2 N–H and O–H groups in total. The number of methoxy groups -OCH3 is 1. The Balaban J connectivity index is 1.62. The van der Waals surface area contributed by atoms with Crippen molar-refractivity contribution in [2.45, 2.75) is 19.5 Å². The van der Waals surface area contributed by atoms with Crippen molar-refractivity contribution in [3.8, 4) is 11.4 Å². The second-order valence-corrected chi connectivity index (χ2v) is 5.76. The first-order chi connectivity index (χ1) is 11.7. The van der Waals surface area contributed by atoms with E-state index in [-0.39, 0.29) is 17.6 Å². The molecule has 0 bridgehead atoms. The van der Waals surface area contributed by atoms with E-state index in [1.54, 1.807) is 18.6 Å². The predicted molar refractivity (Wildman–Crippen MR) is 90.6 cm³/mol. The first-order valence-corrected chi connectivity index (χ1v) is 7.91. The Labute approximate surface area is 140 Å². The zero-order valence-electron chi connectivity index (χ0n) is 13.8. The van der Waals surface area contributed by atoms with Crippen LogP contribution in [0.5, 0.6) is 5.75 Å². The number of quaternary nitrogens is 1. The molecule has 0 aliphatic heterocycles. The Morgan fingerprint density at radius 1 is 1.21 bits per heavy atom. The van der Waals surface area contributed by atoms with Crippen molar-refractivity contribution >= 4 is 0 Å². The maximum Gasteiger partial charge on any atom is 0.165 e. The van der Waals surface area contributed by atoms with Crippen LogP contribution in [0.2, 0.25) is 0 Å². The summed E-state index contributed by atoms with van der Waals surface area (Å²) in [5.74, 6) is -0.0392. The molecule has 1 heterocycles. The summed E-state index contributed by atoms with van der Waals surface area (Å²) in [6, 6.07) is 13.8.